The monoisotopic (exact) mass is 741 g/mol. The van der Waals surface area contributed by atoms with Crippen molar-refractivity contribution in [3.8, 4) is 0 Å². The number of hydrogen-bond donors (Lipinski definition) is 3. The van der Waals surface area contributed by atoms with Gasteiger partial charge in [0, 0.05) is 99.0 Å². The molecule has 0 aromatic heterocycles. The molecule has 0 spiro atoms. The first-order chi connectivity index (χ1) is 9.46. The Labute approximate surface area is 199 Å². The number of carbonyl (C=O) groups is 1. The van der Waals surface area contributed by atoms with Gasteiger partial charge in [0.2, 0.25) is 5.76 Å². The van der Waals surface area contributed by atoms with Crippen molar-refractivity contribution in [1.29, 1.82) is 0 Å². The number of aliphatic hydroxyl groups is 2. The fourth-order valence-corrected chi connectivity index (χ4v) is 2.02. The first-order valence-corrected chi connectivity index (χ1v) is 6.09. The number of ether oxygens (including phenoxy) is 2. The zero-order chi connectivity index (χ0) is 15.3. The van der Waals surface area contributed by atoms with Crippen LogP contribution in [0.5, 0.6) is 0 Å². The van der Waals surface area contributed by atoms with Crippen LogP contribution in [0.3, 0.4) is 0 Å². The largest absolute Gasteiger partial charge is 0.477 e. The van der Waals surface area contributed by atoms with E-state index in [0.29, 0.717) is 0 Å². The van der Waals surface area contributed by atoms with Crippen LogP contribution in [0.1, 0.15) is 6.92 Å². The normalized spacial score (nSPS) is 25.9. The van der Waals surface area contributed by atoms with Crippen molar-refractivity contribution in [3.05, 3.63) is 22.3 Å². The molecule has 5 atom stereocenters. The topological polar surface area (TPSA) is 152 Å². The Kier molecular flexibility index (Phi) is 14.3. The molecule has 22 heavy (non-hydrogen) atoms. The number of azide groups is 1. The Bertz CT molecular complexity index is 444. The Balaban J connectivity index is 0. The van der Waals surface area contributed by atoms with Crippen molar-refractivity contribution in [2.24, 2.45) is 11.0 Å². The molecule has 1 rings (SSSR count). The van der Waals surface area contributed by atoms with Gasteiger partial charge >= 0.3 is 5.97 Å². The van der Waals surface area contributed by atoms with Crippen LogP contribution in [-0.2, 0) is 14.3 Å². The van der Waals surface area contributed by atoms with E-state index in [1.165, 1.54) is 13.2 Å². The summed E-state index contributed by atoms with van der Waals surface area (Å²) < 4.78 is 10.0. The van der Waals surface area contributed by atoms with Crippen molar-refractivity contribution in [2.75, 3.05) is 13.7 Å². The van der Waals surface area contributed by atoms with E-state index in [0.717, 1.165) is 0 Å². The van der Waals surface area contributed by atoms with Crippen molar-refractivity contribution >= 4 is 5.97 Å². The second-order valence-electron chi connectivity index (χ2n) is 4.57. The van der Waals surface area contributed by atoms with Gasteiger partial charge in [-0.05, 0) is 11.6 Å². The summed E-state index contributed by atoms with van der Waals surface area (Å²) in [7, 11) is 1.20. The molecular weight excluding hydrogens is 722 g/mol. The molecule has 0 amide bonds. The minimum absolute atomic E-state index is 0. The zero-order valence-electron chi connectivity index (χ0n) is 12.5. The summed E-state index contributed by atoms with van der Waals surface area (Å²) in [6, 6.07) is -1.20. The molecule has 0 bridgehead atoms. The van der Waals surface area contributed by atoms with Gasteiger partial charge in [-0.25, -0.2) is 4.79 Å². The molecule has 11 heteroatoms. The van der Waals surface area contributed by atoms with Gasteiger partial charge in [-0.2, -0.15) is 0 Å². The molecule has 1 aliphatic rings. The van der Waals surface area contributed by atoms with Gasteiger partial charge in [-0.15, -0.1) is 0 Å². The molecule has 4 unspecified atom stereocenters. The van der Waals surface area contributed by atoms with E-state index < -0.39 is 42.8 Å². The third-order valence-electron chi connectivity index (χ3n) is 3.33. The first-order valence-electron chi connectivity index (χ1n) is 6.09. The third kappa shape index (κ3) is 6.53. The molecule has 0 aromatic rings. The van der Waals surface area contributed by atoms with Crippen LogP contribution in [0.2, 0.25) is 0 Å². The van der Waals surface area contributed by atoms with Gasteiger partial charge in [0.25, 0.3) is 0 Å². The number of quaternary nitrogens is 1. The quantitative estimate of drug-likeness (QED) is 0.139. The van der Waals surface area contributed by atoms with Crippen LogP contribution in [0.4, 0.5) is 0 Å². The summed E-state index contributed by atoms with van der Waals surface area (Å²) in [5.41, 5.74) is 12.4. The molecule has 1 aliphatic heterocycles. The Morgan fingerprint density at radius 2 is 2.23 bits per heavy atom. The van der Waals surface area contributed by atoms with Crippen LogP contribution >= 0.6 is 0 Å². The minimum atomic E-state index is -1.03. The van der Waals surface area contributed by atoms with E-state index in [1.54, 1.807) is 6.92 Å². The first kappa shape index (κ1) is 25.3. The smallest absolute Gasteiger partial charge is 0.372 e. The van der Waals surface area contributed by atoms with Crippen molar-refractivity contribution in [2.45, 2.75) is 31.2 Å². The predicted molar refractivity (Wildman–Crippen MR) is 66.8 cm³/mol. The molecule has 0 saturated heterocycles. The molecule has 0 aliphatic carbocycles. The van der Waals surface area contributed by atoms with E-state index >= 15 is 0 Å². The fourth-order valence-electron chi connectivity index (χ4n) is 2.02. The van der Waals surface area contributed by atoms with Gasteiger partial charge in [-0.3, -0.25) is 0 Å². The Morgan fingerprint density at radius 3 is 2.68 bits per heavy atom. The summed E-state index contributed by atoms with van der Waals surface area (Å²) in [5, 5.41) is 22.3. The van der Waals surface area contributed by atoms with Crippen molar-refractivity contribution in [1.82, 2.24) is 0 Å². The molecule has 0 fully saturated rings. The van der Waals surface area contributed by atoms with Gasteiger partial charge in [0.05, 0.1) is 19.8 Å². The summed E-state index contributed by atoms with van der Waals surface area (Å²) in [4.78, 5) is 14.3. The number of nitrogens with zero attached hydrogens (tertiary/aromatic N) is 3. The fraction of sp³-hybridized carbons (Fsp3) is 0.727. The maximum atomic E-state index is 11.5. The van der Waals surface area contributed by atoms with Crippen LogP contribution in [0.15, 0.2) is 16.9 Å². The average Bonchev–Trinajstić information content (AvgIpc) is 2.47. The van der Waals surface area contributed by atoms with Gasteiger partial charge < -0.3 is 25.4 Å². The third-order valence-corrected chi connectivity index (χ3v) is 3.33. The maximum Gasteiger partial charge on any atom is 0.372 e. The molecule has 5 N–H and O–H groups in total. The van der Waals surface area contributed by atoms with E-state index in [1.807, 2.05) is 0 Å². The number of hydrogen-bond acceptors (Lipinski definition) is 6. The summed E-state index contributed by atoms with van der Waals surface area (Å²) in [6.45, 7) is 1.20. The Hall–Kier alpha value is 1.08. The number of carbonyl (C=O) groups excluding carboxylic acids is 1. The van der Waals surface area contributed by atoms with Crippen molar-refractivity contribution < 1.29 is 118 Å². The molecule has 2 radical (unpaired) electrons. The van der Waals surface area contributed by atoms with Gasteiger partial charge in [0.1, 0.15) is 12.1 Å². The number of aliphatic hydroxyl groups excluding tert-OH is 2. The van der Waals surface area contributed by atoms with E-state index in [-0.39, 0.29) is 93.9 Å². The zero-order valence-corrected chi connectivity index (χ0v) is 22.0. The summed E-state index contributed by atoms with van der Waals surface area (Å²) >= 11 is 0. The van der Waals surface area contributed by atoms with E-state index in [4.69, 9.17) is 15.4 Å². The average molecular weight is 741 g/mol. The molecule has 1 heterocycles. The van der Waals surface area contributed by atoms with Crippen molar-refractivity contribution in [3.63, 3.8) is 0 Å². The number of methoxy groups -OCH3 is 1. The number of esters is 1. The molecule has 118 valence electrons. The summed E-state index contributed by atoms with van der Waals surface area (Å²) in [6.07, 6.45) is -0.377. The van der Waals surface area contributed by atoms with E-state index in [2.05, 4.69) is 20.5 Å². The van der Waals surface area contributed by atoms with Crippen LogP contribution in [0.25, 0.3) is 10.4 Å². The molecule has 0 saturated carbocycles. The SMILES string of the molecule is COC(=O)C1=CC(N=[N+]=[N-])C([NH3+])[C@H](C(C)C(O)CO)O1.[Ac].[Ac]. The molecule has 9 nitrogen and oxygen atoms in total. The van der Waals surface area contributed by atoms with Crippen LogP contribution < -0.4 is 5.73 Å². The van der Waals surface area contributed by atoms with Crippen LogP contribution in [-0.4, -0.2) is 54.2 Å². The Morgan fingerprint density at radius 1 is 1.64 bits per heavy atom. The number of rotatable bonds is 5. The maximum absolute atomic E-state index is 11.5. The second kappa shape index (κ2) is 12.4. The molecular formula is C11H19Ac2N4O5+. The van der Waals surface area contributed by atoms with Gasteiger partial charge in [0.15, 0.2) is 6.10 Å². The van der Waals surface area contributed by atoms with E-state index in [9.17, 15) is 9.90 Å². The molecule has 0 aromatic carbocycles. The predicted octanol–water partition coefficient (Wildman–Crippen LogP) is -1.28. The van der Waals surface area contributed by atoms with Gasteiger partial charge in [-0.1, -0.05) is 12.0 Å². The second-order valence-corrected chi connectivity index (χ2v) is 4.57. The summed E-state index contributed by atoms with van der Waals surface area (Å²) in [5.74, 6) is -1.30. The standard InChI is InChI=1S/C11H18N4O5.2Ac/c1-5(7(17)4-16)10-9(12)6(14-15-13)3-8(20-10)11(18)19-2;;/h3,5-7,9-10,16-17H,4,12H2,1-2H3;;/p+1/t5?,6?,7?,9?,10-;;/m0../s1. The minimum Gasteiger partial charge on any atom is -0.477 e. The van der Waals surface area contributed by atoms with Crippen LogP contribution in [0, 0.1) is 94.0 Å².